The number of nitrogens with zero attached hydrogens (tertiary/aromatic N) is 1. The molecule has 2 aromatic rings. The van der Waals surface area contributed by atoms with Gasteiger partial charge in [0, 0.05) is 45.3 Å². The fourth-order valence-corrected chi connectivity index (χ4v) is 4.72. The van der Waals surface area contributed by atoms with Crippen LogP contribution in [0.1, 0.15) is 24.0 Å². The van der Waals surface area contributed by atoms with Crippen LogP contribution in [-0.2, 0) is 13.2 Å². The number of piperidine rings is 3. The maximum Gasteiger partial charge on any atom is 0.124 e. The molecule has 3 saturated heterocycles. The lowest BCUT2D eigenvalue weighted by molar-refractivity contribution is 0.0718. The van der Waals surface area contributed by atoms with Crippen molar-refractivity contribution >= 4 is 59.6 Å². The van der Waals surface area contributed by atoms with Gasteiger partial charge in [0.25, 0.3) is 0 Å². The van der Waals surface area contributed by atoms with E-state index in [0.29, 0.717) is 22.7 Å². The van der Waals surface area contributed by atoms with Crippen LogP contribution in [0.25, 0.3) is 0 Å². The van der Waals surface area contributed by atoms with Gasteiger partial charge in [-0.1, -0.05) is 40.9 Å². The second kappa shape index (κ2) is 11.3. The van der Waals surface area contributed by atoms with Crippen molar-refractivity contribution < 1.29 is 4.74 Å². The molecule has 5 rings (SSSR count). The second-order valence-electron chi connectivity index (χ2n) is 7.40. The molecular formula is C21H25Cl5N2O. The minimum Gasteiger partial charge on any atom is -0.489 e. The molecule has 0 radical (unpaired) electrons. The van der Waals surface area contributed by atoms with Crippen molar-refractivity contribution in [3.8, 4) is 5.75 Å². The van der Waals surface area contributed by atoms with Crippen LogP contribution >= 0.6 is 59.6 Å². The third-order valence-electron chi connectivity index (χ3n) is 5.63. The molecular weight excluding hydrogens is 474 g/mol. The fourth-order valence-electron chi connectivity index (χ4n) is 4.06. The Labute approximate surface area is 199 Å². The number of rotatable bonds is 6. The summed E-state index contributed by atoms with van der Waals surface area (Å²) in [7, 11) is 0. The Morgan fingerprint density at radius 3 is 2.28 bits per heavy atom. The monoisotopic (exact) mass is 496 g/mol. The molecule has 3 aliphatic rings. The summed E-state index contributed by atoms with van der Waals surface area (Å²) in [6.45, 7) is 4.78. The van der Waals surface area contributed by atoms with Gasteiger partial charge < -0.3 is 15.0 Å². The Bertz CT molecular complexity index is 812. The molecule has 2 aromatic carbocycles. The van der Waals surface area contributed by atoms with Crippen molar-refractivity contribution in [2.24, 2.45) is 5.92 Å². The number of ether oxygens (including phenoxy) is 1. The summed E-state index contributed by atoms with van der Waals surface area (Å²) in [5.41, 5.74) is 1.98. The highest BCUT2D eigenvalue weighted by Crippen LogP contribution is 2.30. The smallest absolute Gasteiger partial charge is 0.124 e. The van der Waals surface area contributed by atoms with E-state index in [0.717, 1.165) is 40.9 Å². The summed E-state index contributed by atoms with van der Waals surface area (Å²) < 4.78 is 6.06. The number of halogens is 5. The van der Waals surface area contributed by atoms with E-state index in [1.807, 2.05) is 30.3 Å². The lowest BCUT2D eigenvalue weighted by Gasteiger charge is -2.45. The average Bonchev–Trinajstić information content (AvgIpc) is 2.68. The van der Waals surface area contributed by atoms with E-state index in [1.165, 1.54) is 25.9 Å². The summed E-state index contributed by atoms with van der Waals surface area (Å²) in [6, 6.07) is 11.8. The average molecular weight is 499 g/mol. The molecule has 0 spiro atoms. The maximum absolute atomic E-state index is 6.26. The first kappa shape index (κ1) is 24.9. The van der Waals surface area contributed by atoms with E-state index >= 15 is 0 Å². The van der Waals surface area contributed by atoms with Gasteiger partial charge in [0.2, 0.25) is 0 Å². The molecule has 0 aliphatic carbocycles. The molecule has 0 aromatic heterocycles. The highest BCUT2D eigenvalue weighted by atomic mass is 35.5. The second-order valence-corrected chi connectivity index (χ2v) is 8.68. The number of fused-ring (bicyclic) bond motifs is 3. The van der Waals surface area contributed by atoms with Gasteiger partial charge in [-0.2, -0.15) is 0 Å². The van der Waals surface area contributed by atoms with Gasteiger partial charge in [0.05, 0.1) is 0 Å². The molecule has 29 heavy (non-hydrogen) atoms. The van der Waals surface area contributed by atoms with Gasteiger partial charge in [-0.25, -0.2) is 0 Å². The first-order valence-corrected chi connectivity index (χ1v) is 10.5. The molecule has 3 nitrogen and oxygen atoms in total. The van der Waals surface area contributed by atoms with Crippen LogP contribution in [0.3, 0.4) is 0 Å². The van der Waals surface area contributed by atoms with Gasteiger partial charge in [0.1, 0.15) is 12.4 Å². The fraction of sp³-hybridized carbons (Fsp3) is 0.429. The predicted molar refractivity (Wildman–Crippen MR) is 127 cm³/mol. The van der Waals surface area contributed by atoms with Gasteiger partial charge >= 0.3 is 0 Å². The van der Waals surface area contributed by atoms with Crippen molar-refractivity contribution in [3.05, 3.63) is 62.6 Å². The number of benzene rings is 2. The molecule has 160 valence electrons. The van der Waals surface area contributed by atoms with Crippen LogP contribution in [-0.4, -0.2) is 30.6 Å². The minimum absolute atomic E-state index is 0. The van der Waals surface area contributed by atoms with Gasteiger partial charge in [-0.3, -0.25) is 0 Å². The summed E-state index contributed by atoms with van der Waals surface area (Å²) in [4.78, 5) is 2.55. The standard InChI is InChI=1S/C21H23Cl3N2O.2ClH/c22-17-3-4-21(27-13-15-1-2-18(23)10-19(15)24)16(9-17)11-25-20-12-26-7-5-14(20)6-8-26;;/h1-4,9-10,14,20,25H,5-8,11-13H2;2*1H. The first-order chi connectivity index (χ1) is 13.1. The highest BCUT2D eigenvalue weighted by molar-refractivity contribution is 6.35. The van der Waals surface area contributed by atoms with Gasteiger partial charge in [-0.15, -0.1) is 24.8 Å². The Morgan fingerprint density at radius 1 is 0.931 bits per heavy atom. The van der Waals surface area contributed by atoms with E-state index < -0.39 is 0 Å². The van der Waals surface area contributed by atoms with Crippen LogP contribution in [0, 0.1) is 5.92 Å². The topological polar surface area (TPSA) is 24.5 Å². The molecule has 1 unspecified atom stereocenters. The number of nitrogens with one attached hydrogen (secondary N) is 1. The zero-order chi connectivity index (χ0) is 18.8. The predicted octanol–water partition coefficient (Wildman–Crippen LogP) is 6.25. The molecule has 2 bridgehead atoms. The van der Waals surface area contributed by atoms with Crippen molar-refractivity contribution in [1.82, 2.24) is 10.2 Å². The third-order valence-corrected chi connectivity index (χ3v) is 6.45. The van der Waals surface area contributed by atoms with Crippen LogP contribution in [0.5, 0.6) is 5.75 Å². The maximum atomic E-state index is 6.26. The van der Waals surface area contributed by atoms with E-state index in [4.69, 9.17) is 39.5 Å². The van der Waals surface area contributed by atoms with Crippen LogP contribution in [0.15, 0.2) is 36.4 Å². The largest absolute Gasteiger partial charge is 0.489 e. The Kier molecular flexibility index (Phi) is 9.69. The summed E-state index contributed by atoms with van der Waals surface area (Å²) in [5.74, 6) is 1.62. The van der Waals surface area contributed by atoms with Crippen molar-refractivity contribution in [1.29, 1.82) is 0 Å². The quantitative estimate of drug-likeness (QED) is 0.509. The van der Waals surface area contributed by atoms with E-state index in [-0.39, 0.29) is 24.8 Å². The summed E-state index contributed by atoms with van der Waals surface area (Å²) in [5, 5.41) is 5.69. The molecule has 1 N–H and O–H groups in total. The van der Waals surface area contributed by atoms with Crippen molar-refractivity contribution in [2.45, 2.75) is 32.0 Å². The highest BCUT2D eigenvalue weighted by Gasteiger charge is 2.33. The van der Waals surface area contributed by atoms with Gasteiger partial charge in [-0.05, 0) is 62.2 Å². The normalized spacial score (nSPS) is 22.5. The molecule has 1 atom stereocenters. The van der Waals surface area contributed by atoms with E-state index in [1.54, 1.807) is 6.07 Å². The first-order valence-electron chi connectivity index (χ1n) is 9.39. The lowest BCUT2D eigenvalue weighted by Crippen LogP contribution is -2.55. The molecule has 8 heteroatoms. The van der Waals surface area contributed by atoms with Crippen molar-refractivity contribution in [3.63, 3.8) is 0 Å². The summed E-state index contributed by atoms with van der Waals surface area (Å²) >= 11 is 18.5. The van der Waals surface area contributed by atoms with Crippen LogP contribution in [0.2, 0.25) is 15.1 Å². The van der Waals surface area contributed by atoms with Crippen LogP contribution < -0.4 is 10.1 Å². The zero-order valence-electron chi connectivity index (χ0n) is 15.9. The number of hydrogen-bond donors (Lipinski definition) is 1. The molecule has 3 fully saturated rings. The lowest BCUT2D eigenvalue weighted by atomic mass is 9.84. The van der Waals surface area contributed by atoms with E-state index in [2.05, 4.69) is 10.2 Å². The summed E-state index contributed by atoms with van der Waals surface area (Å²) in [6.07, 6.45) is 2.59. The molecule has 3 aliphatic heterocycles. The third kappa shape index (κ3) is 6.30. The Balaban J connectivity index is 0.00000150. The van der Waals surface area contributed by atoms with Crippen LogP contribution in [0.4, 0.5) is 0 Å². The van der Waals surface area contributed by atoms with Crippen molar-refractivity contribution in [2.75, 3.05) is 19.6 Å². The SMILES string of the molecule is Cl.Cl.Clc1ccc(COc2ccc(Cl)cc2CNC2CN3CCC2CC3)c(Cl)c1. The Morgan fingerprint density at radius 2 is 1.62 bits per heavy atom. The zero-order valence-corrected chi connectivity index (χ0v) is 19.8. The molecule has 0 saturated carbocycles. The molecule has 3 heterocycles. The van der Waals surface area contributed by atoms with E-state index in [9.17, 15) is 0 Å². The molecule has 0 amide bonds. The number of hydrogen-bond acceptors (Lipinski definition) is 3. The minimum atomic E-state index is 0. The Hall–Kier alpha value is -0.390. The van der Waals surface area contributed by atoms with Gasteiger partial charge in [0.15, 0.2) is 0 Å².